The summed E-state index contributed by atoms with van der Waals surface area (Å²) in [5, 5.41) is 5.91. The zero-order valence-electron chi connectivity index (χ0n) is 15.9. The Morgan fingerprint density at radius 2 is 1.64 bits per heavy atom. The summed E-state index contributed by atoms with van der Waals surface area (Å²) in [6.07, 6.45) is 2.57. The first-order valence-electron chi connectivity index (χ1n) is 9.67. The molecule has 1 saturated carbocycles. The lowest BCUT2D eigenvalue weighted by atomic mass is 10.0. The van der Waals surface area contributed by atoms with Crippen LogP contribution in [-0.4, -0.2) is 30.6 Å². The minimum atomic E-state index is -0.0483. The molecule has 28 heavy (non-hydrogen) atoms. The summed E-state index contributed by atoms with van der Waals surface area (Å²) in [5.74, 6) is 2.28. The van der Waals surface area contributed by atoms with Crippen molar-refractivity contribution < 1.29 is 9.53 Å². The molecule has 0 atom stereocenters. The van der Waals surface area contributed by atoms with Crippen LogP contribution in [-0.2, 0) is 0 Å². The molecule has 4 N–H and O–H groups in total. The van der Waals surface area contributed by atoms with Gasteiger partial charge in [0.2, 0.25) is 0 Å². The Morgan fingerprint density at radius 3 is 2.25 bits per heavy atom. The standard InChI is InChI=1S/C22H26N4O2/c1-15(23)24-19-8-10-21(11-9-19)28-14-16-12-26(13-16)22(27)25-20-6-4-18(5-7-20)17-2-3-17/h4-11,16-17,24H,1-3,12-14,23H2,(H,25,27). The van der Waals surface area contributed by atoms with Crippen molar-refractivity contribution in [3.05, 3.63) is 66.5 Å². The lowest BCUT2D eigenvalue weighted by Gasteiger charge is -2.38. The van der Waals surface area contributed by atoms with Gasteiger partial charge in [-0.1, -0.05) is 18.7 Å². The molecule has 0 unspecified atom stereocenters. The van der Waals surface area contributed by atoms with Crippen LogP contribution in [0.4, 0.5) is 16.2 Å². The smallest absolute Gasteiger partial charge is 0.321 e. The molecule has 2 aromatic rings. The summed E-state index contributed by atoms with van der Waals surface area (Å²) in [7, 11) is 0. The van der Waals surface area contributed by atoms with Crippen LogP contribution in [0, 0.1) is 5.92 Å². The number of carbonyl (C=O) groups excluding carboxylic acids is 1. The summed E-state index contributed by atoms with van der Waals surface area (Å²) in [5.41, 5.74) is 8.61. The number of amides is 2. The first-order chi connectivity index (χ1) is 13.6. The normalized spacial score (nSPS) is 16.2. The average molecular weight is 378 g/mol. The highest BCUT2D eigenvalue weighted by atomic mass is 16.5. The maximum absolute atomic E-state index is 12.3. The Labute approximate surface area is 165 Å². The second-order valence-electron chi connectivity index (χ2n) is 7.58. The van der Waals surface area contributed by atoms with Crippen molar-refractivity contribution in [2.75, 3.05) is 30.3 Å². The van der Waals surface area contributed by atoms with Gasteiger partial charge in [0.25, 0.3) is 0 Å². The van der Waals surface area contributed by atoms with E-state index < -0.39 is 0 Å². The van der Waals surface area contributed by atoms with Gasteiger partial charge < -0.3 is 26.0 Å². The Kier molecular flexibility index (Phi) is 5.10. The number of likely N-dealkylation sites (tertiary alicyclic amines) is 1. The predicted molar refractivity (Wildman–Crippen MR) is 111 cm³/mol. The molecule has 2 aromatic carbocycles. The predicted octanol–water partition coefficient (Wildman–Crippen LogP) is 3.95. The van der Waals surface area contributed by atoms with Crippen molar-refractivity contribution in [1.29, 1.82) is 0 Å². The topological polar surface area (TPSA) is 79.6 Å². The van der Waals surface area contributed by atoms with E-state index >= 15 is 0 Å². The molecule has 0 spiro atoms. The molecule has 0 radical (unpaired) electrons. The molecule has 2 amide bonds. The Bertz CT molecular complexity index is 838. The van der Waals surface area contributed by atoms with Crippen molar-refractivity contribution >= 4 is 17.4 Å². The van der Waals surface area contributed by atoms with Crippen LogP contribution in [0.3, 0.4) is 0 Å². The molecule has 1 aliphatic heterocycles. The Hall–Kier alpha value is -3.15. The van der Waals surface area contributed by atoms with Crippen LogP contribution in [0.1, 0.15) is 24.3 Å². The van der Waals surface area contributed by atoms with E-state index in [-0.39, 0.29) is 6.03 Å². The van der Waals surface area contributed by atoms with Crippen molar-refractivity contribution in [1.82, 2.24) is 4.90 Å². The van der Waals surface area contributed by atoms with Crippen molar-refractivity contribution in [2.24, 2.45) is 11.7 Å². The van der Waals surface area contributed by atoms with Gasteiger partial charge in [0, 0.05) is 30.4 Å². The number of urea groups is 1. The van der Waals surface area contributed by atoms with Gasteiger partial charge >= 0.3 is 6.03 Å². The lowest BCUT2D eigenvalue weighted by Crippen LogP contribution is -2.53. The minimum Gasteiger partial charge on any atom is -0.493 e. The number of nitrogens with zero attached hydrogens (tertiary/aromatic N) is 1. The molecule has 1 saturated heterocycles. The monoisotopic (exact) mass is 378 g/mol. The number of benzene rings is 2. The van der Waals surface area contributed by atoms with Gasteiger partial charge in [-0.25, -0.2) is 4.79 Å². The summed E-state index contributed by atoms with van der Waals surface area (Å²) in [6, 6.07) is 15.7. The number of nitrogens with one attached hydrogen (secondary N) is 2. The number of ether oxygens (including phenoxy) is 1. The molecular weight excluding hydrogens is 352 g/mol. The van der Waals surface area contributed by atoms with E-state index in [9.17, 15) is 4.79 Å². The average Bonchev–Trinajstić information content (AvgIpc) is 3.47. The van der Waals surface area contributed by atoms with Gasteiger partial charge in [-0.2, -0.15) is 0 Å². The number of carbonyl (C=O) groups is 1. The van der Waals surface area contributed by atoms with E-state index in [1.807, 2.05) is 41.3 Å². The van der Waals surface area contributed by atoms with Crippen LogP contribution in [0.5, 0.6) is 5.75 Å². The molecule has 2 fully saturated rings. The first kappa shape index (κ1) is 18.2. The second-order valence-corrected chi connectivity index (χ2v) is 7.58. The maximum Gasteiger partial charge on any atom is 0.321 e. The summed E-state index contributed by atoms with van der Waals surface area (Å²) >= 11 is 0. The molecule has 0 aromatic heterocycles. The largest absolute Gasteiger partial charge is 0.493 e. The Balaban J connectivity index is 1.18. The van der Waals surface area contributed by atoms with Gasteiger partial charge in [-0.05, 0) is 60.7 Å². The number of hydrogen-bond acceptors (Lipinski definition) is 4. The molecule has 146 valence electrons. The number of anilines is 2. The zero-order valence-corrected chi connectivity index (χ0v) is 15.9. The van der Waals surface area contributed by atoms with Gasteiger partial charge in [0.15, 0.2) is 0 Å². The quantitative estimate of drug-likeness (QED) is 0.682. The lowest BCUT2D eigenvalue weighted by molar-refractivity contribution is 0.0925. The van der Waals surface area contributed by atoms with Crippen LogP contribution in [0.25, 0.3) is 0 Å². The molecule has 1 heterocycles. The minimum absolute atomic E-state index is 0.0483. The van der Waals surface area contributed by atoms with E-state index in [1.54, 1.807) is 0 Å². The summed E-state index contributed by atoms with van der Waals surface area (Å²) in [4.78, 5) is 14.1. The van der Waals surface area contributed by atoms with Gasteiger partial charge in [-0.15, -0.1) is 0 Å². The maximum atomic E-state index is 12.3. The third kappa shape index (κ3) is 4.57. The molecule has 0 bridgehead atoms. The molecular formula is C22H26N4O2. The summed E-state index contributed by atoms with van der Waals surface area (Å²) in [6.45, 7) is 5.62. The SMILES string of the molecule is C=C(N)Nc1ccc(OCC2CN(C(=O)Nc3ccc(C4CC4)cc3)C2)cc1. The van der Waals surface area contributed by atoms with Crippen molar-refractivity contribution in [3.63, 3.8) is 0 Å². The summed E-state index contributed by atoms with van der Waals surface area (Å²) < 4.78 is 5.82. The number of rotatable bonds is 7. The Morgan fingerprint density at radius 1 is 1.04 bits per heavy atom. The number of nitrogens with two attached hydrogens (primary N) is 1. The van der Waals surface area contributed by atoms with Crippen LogP contribution in [0.2, 0.25) is 0 Å². The fraction of sp³-hybridized carbons (Fsp3) is 0.318. The first-order valence-corrected chi connectivity index (χ1v) is 9.67. The number of hydrogen-bond donors (Lipinski definition) is 3. The van der Waals surface area contributed by atoms with Crippen LogP contribution < -0.4 is 21.1 Å². The van der Waals surface area contributed by atoms with Crippen LogP contribution in [0.15, 0.2) is 60.9 Å². The van der Waals surface area contributed by atoms with Crippen LogP contribution >= 0.6 is 0 Å². The zero-order chi connectivity index (χ0) is 19.5. The molecule has 2 aliphatic rings. The second kappa shape index (κ2) is 7.84. The fourth-order valence-corrected chi connectivity index (χ4v) is 3.33. The molecule has 4 rings (SSSR count). The fourth-order valence-electron chi connectivity index (χ4n) is 3.33. The molecule has 6 nitrogen and oxygen atoms in total. The highest BCUT2D eigenvalue weighted by Gasteiger charge is 2.31. The van der Waals surface area contributed by atoms with E-state index in [2.05, 4.69) is 29.3 Å². The van der Waals surface area contributed by atoms with E-state index in [0.29, 0.717) is 31.4 Å². The highest BCUT2D eigenvalue weighted by molar-refractivity contribution is 5.89. The highest BCUT2D eigenvalue weighted by Crippen LogP contribution is 2.40. The van der Waals surface area contributed by atoms with Gasteiger partial charge in [0.05, 0.1) is 12.4 Å². The molecule has 6 heteroatoms. The third-order valence-electron chi connectivity index (χ3n) is 5.10. The van der Waals surface area contributed by atoms with E-state index in [0.717, 1.165) is 23.0 Å². The van der Waals surface area contributed by atoms with Gasteiger partial charge in [0.1, 0.15) is 5.75 Å². The van der Waals surface area contributed by atoms with Crippen molar-refractivity contribution in [2.45, 2.75) is 18.8 Å². The van der Waals surface area contributed by atoms with Crippen molar-refractivity contribution in [3.8, 4) is 5.75 Å². The van der Waals surface area contributed by atoms with E-state index in [4.69, 9.17) is 10.5 Å². The third-order valence-corrected chi connectivity index (χ3v) is 5.10. The molecule has 1 aliphatic carbocycles. The van der Waals surface area contributed by atoms with E-state index in [1.165, 1.54) is 18.4 Å². The van der Waals surface area contributed by atoms with Gasteiger partial charge in [-0.3, -0.25) is 0 Å².